The summed E-state index contributed by atoms with van der Waals surface area (Å²) in [4.78, 5) is 12.0. The lowest BCUT2D eigenvalue weighted by molar-refractivity contribution is 0.0947. The average Bonchev–Trinajstić information content (AvgIpc) is 2.46. The summed E-state index contributed by atoms with van der Waals surface area (Å²) >= 11 is 9.37. The topological polar surface area (TPSA) is 38.3 Å². The third-order valence-corrected chi connectivity index (χ3v) is 4.14. The molecule has 0 atom stereocenters. The maximum atomic E-state index is 12.0. The maximum Gasteiger partial charge on any atom is 0.252 e. The van der Waals surface area contributed by atoms with E-state index in [9.17, 15) is 4.79 Å². The highest BCUT2D eigenvalue weighted by atomic mass is 79.9. The molecule has 0 aliphatic heterocycles. The number of aryl methyl sites for hydroxylation is 1. The van der Waals surface area contributed by atoms with Crippen molar-refractivity contribution in [2.75, 3.05) is 13.2 Å². The molecule has 3 nitrogen and oxygen atoms in total. The molecule has 2 aromatic carbocycles. The van der Waals surface area contributed by atoms with Gasteiger partial charge in [0.2, 0.25) is 0 Å². The minimum atomic E-state index is -0.214. The predicted molar refractivity (Wildman–Crippen MR) is 88.2 cm³/mol. The highest BCUT2D eigenvalue weighted by Crippen LogP contribution is 2.25. The van der Waals surface area contributed by atoms with Crippen LogP contribution < -0.4 is 10.1 Å². The van der Waals surface area contributed by atoms with E-state index in [1.807, 2.05) is 31.2 Å². The molecule has 0 saturated carbocycles. The Balaban J connectivity index is 1.83. The Morgan fingerprint density at radius 3 is 2.81 bits per heavy atom. The largest absolute Gasteiger partial charge is 0.492 e. The number of rotatable bonds is 5. The van der Waals surface area contributed by atoms with Crippen LogP contribution in [-0.4, -0.2) is 19.1 Å². The molecule has 0 aliphatic rings. The first kappa shape index (κ1) is 15.9. The number of hydrogen-bond acceptors (Lipinski definition) is 2. The molecule has 0 bridgehead atoms. The fourth-order valence-electron chi connectivity index (χ4n) is 1.81. The molecule has 0 fully saturated rings. The molecule has 2 aromatic rings. The van der Waals surface area contributed by atoms with Crippen molar-refractivity contribution in [1.82, 2.24) is 5.32 Å². The number of benzene rings is 2. The SMILES string of the molecule is Cc1cccc(OCCNC(=O)c2cccc(Br)c2Cl)c1. The third kappa shape index (κ3) is 4.48. The summed E-state index contributed by atoms with van der Waals surface area (Å²) in [5, 5.41) is 3.19. The van der Waals surface area contributed by atoms with Crippen molar-refractivity contribution in [1.29, 1.82) is 0 Å². The van der Waals surface area contributed by atoms with E-state index in [2.05, 4.69) is 21.2 Å². The van der Waals surface area contributed by atoms with E-state index in [0.29, 0.717) is 28.2 Å². The summed E-state index contributed by atoms with van der Waals surface area (Å²) in [6.45, 7) is 2.82. The van der Waals surface area contributed by atoms with Crippen LogP contribution >= 0.6 is 27.5 Å². The highest BCUT2D eigenvalue weighted by Gasteiger charge is 2.11. The second kappa shape index (κ2) is 7.48. The van der Waals surface area contributed by atoms with E-state index in [1.54, 1.807) is 18.2 Å². The average molecular weight is 369 g/mol. The van der Waals surface area contributed by atoms with Gasteiger partial charge in [-0.3, -0.25) is 4.79 Å². The summed E-state index contributed by atoms with van der Waals surface area (Å²) in [6, 6.07) is 13.0. The number of nitrogens with one attached hydrogen (secondary N) is 1. The van der Waals surface area contributed by atoms with Gasteiger partial charge in [0.05, 0.1) is 17.1 Å². The Bertz CT molecular complexity index is 646. The van der Waals surface area contributed by atoms with Crippen LogP contribution in [0.1, 0.15) is 15.9 Å². The van der Waals surface area contributed by atoms with E-state index < -0.39 is 0 Å². The Kier molecular flexibility index (Phi) is 5.65. The summed E-state index contributed by atoms with van der Waals surface area (Å²) in [6.07, 6.45) is 0. The Labute approximate surface area is 137 Å². The fraction of sp³-hybridized carbons (Fsp3) is 0.188. The van der Waals surface area contributed by atoms with Crippen molar-refractivity contribution in [3.63, 3.8) is 0 Å². The molecule has 5 heteroatoms. The van der Waals surface area contributed by atoms with Gasteiger partial charge >= 0.3 is 0 Å². The second-order valence-corrected chi connectivity index (χ2v) is 5.75. The van der Waals surface area contributed by atoms with Crippen LogP contribution in [0.4, 0.5) is 0 Å². The number of carbonyl (C=O) groups excluding carboxylic acids is 1. The Morgan fingerprint density at radius 1 is 1.29 bits per heavy atom. The van der Waals surface area contributed by atoms with Gasteiger partial charge in [0, 0.05) is 4.47 Å². The van der Waals surface area contributed by atoms with Gasteiger partial charge in [-0.25, -0.2) is 0 Å². The smallest absolute Gasteiger partial charge is 0.252 e. The molecule has 0 aliphatic carbocycles. The van der Waals surface area contributed by atoms with Crippen molar-refractivity contribution in [2.24, 2.45) is 0 Å². The molecular formula is C16H15BrClNO2. The molecule has 21 heavy (non-hydrogen) atoms. The van der Waals surface area contributed by atoms with Crippen LogP contribution in [0.2, 0.25) is 5.02 Å². The van der Waals surface area contributed by atoms with Crippen LogP contribution in [0, 0.1) is 6.92 Å². The van der Waals surface area contributed by atoms with Crippen molar-refractivity contribution in [2.45, 2.75) is 6.92 Å². The van der Waals surface area contributed by atoms with Gasteiger partial charge in [-0.15, -0.1) is 0 Å². The summed E-state index contributed by atoms with van der Waals surface area (Å²) in [7, 11) is 0. The zero-order valence-electron chi connectivity index (χ0n) is 11.5. The maximum absolute atomic E-state index is 12.0. The predicted octanol–water partition coefficient (Wildman–Crippen LogP) is 4.22. The van der Waals surface area contributed by atoms with Crippen molar-refractivity contribution in [3.8, 4) is 5.75 Å². The van der Waals surface area contributed by atoms with Crippen molar-refractivity contribution in [3.05, 3.63) is 63.1 Å². The number of carbonyl (C=O) groups is 1. The molecule has 1 amide bonds. The van der Waals surface area contributed by atoms with E-state index in [1.165, 1.54) is 0 Å². The standard InChI is InChI=1S/C16H15BrClNO2/c1-11-4-2-5-12(10-11)21-9-8-19-16(20)13-6-3-7-14(17)15(13)18/h2-7,10H,8-9H2,1H3,(H,19,20). The summed E-state index contributed by atoms with van der Waals surface area (Å²) in [5.74, 6) is 0.582. The molecular weight excluding hydrogens is 354 g/mol. The first-order valence-corrected chi connectivity index (χ1v) is 7.66. The lowest BCUT2D eigenvalue weighted by Crippen LogP contribution is -2.28. The molecule has 110 valence electrons. The van der Waals surface area contributed by atoms with Gasteiger partial charge in [0.1, 0.15) is 12.4 Å². The quantitative estimate of drug-likeness (QED) is 0.803. The Morgan fingerprint density at radius 2 is 2.05 bits per heavy atom. The zero-order valence-corrected chi connectivity index (χ0v) is 13.9. The lowest BCUT2D eigenvalue weighted by atomic mass is 10.2. The van der Waals surface area contributed by atoms with Gasteiger partial charge in [-0.1, -0.05) is 29.8 Å². The van der Waals surface area contributed by atoms with Gasteiger partial charge in [-0.2, -0.15) is 0 Å². The summed E-state index contributed by atoms with van der Waals surface area (Å²) in [5.41, 5.74) is 1.58. The van der Waals surface area contributed by atoms with Crippen LogP contribution in [-0.2, 0) is 0 Å². The molecule has 0 unspecified atom stereocenters. The molecule has 0 radical (unpaired) electrons. The van der Waals surface area contributed by atoms with Crippen molar-refractivity contribution < 1.29 is 9.53 Å². The molecule has 0 spiro atoms. The first-order valence-electron chi connectivity index (χ1n) is 6.49. The lowest BCUT2D eigenvalue weighted by Gasteiger charge is -2.09. The van der Waals surface area contributed by atoms with Crippen LogP contribution in [0.3, 0.4) is 0 Å². The number of ether oxygens (including phenoxy) is 1. The van der Waals surface area contributed by atoms with Crippen molar-refractivity contribution >= 4 is 33.4 Å². The number of hydrogen-bond donors (Lipinski definition) is 1. The van der Waals surface area contributed by atoms with Gasteiger partial charge in [-0.05, 0) is 52.7 Å². The molecule has 1 N–H and O–H groups in total. The van der Waals surface area contributed by atoms with Crippen LogP contribution in [0.5, 0.6) is 5.75 Å². The van der Waals surface area contributed by atoms with Crippen LogP contribution in [0.15, 0.2) is 46.9 Å². The first-order chi connectivity index (χ1) is 10.1. The number of amides is 1. The van der Waals surface area contributed by atoms with E-state index >= 15 is 0 Å². The number of halogens is 2. The third-order valence-electron chi connectivity index (χ3n) is 2.84. The van der Waals surface area contributed by atoms with E-state index in [0.717, 1.165) is 11.3 Å². The minimum absolute atomic E-state index is 0.214. The molecule has 0 heterocycles. The monoisotopic (exact) mass is 367 g/mol. The second-order valence-electron chi connectivity index (χ2n) is 4.52. The minimum Gasteiger partial charge on any atom is -0.492 e. The fourth-order valence-corrected chi connectivity index (χ4v) is 2.39. The van der Waals surface area contributed by atoms with Gasteiger partial charge in [0.25, 0.3) is 5.91 Å². The highest BCUT2D eigenvalue weighted by molar-refractivity contribution is 9.10. The van der Waals surface area contributed by atoms with E-state index in [4.69, 9.17) is 16.3 Å². The Hall–Kier alpha value is -1.52. The zero-order chi connectivity index (χ0) is 15.2. The van der Waals surface area contributed by atoms with Gasteiger partial charge < -0.3 is 10.1 Å². The molecule has 0 aromatic heterocycles. The van der Waals surface area contributed by atoms with E-state index in [-0.39, 0.29) is 5.91 Å². The summed E-state index contributed by atoms with van der Waals surface area (Å²) < 4.78 is 6.27. The normalized spacial score (nSPS) is 10.2. The van der Waals surface area contributed by atoms with Gasteiger partial charge in [0.15, 0.2) is 0 Å². The van der Waals surface area contributed by atoms with Crippen LogP contribution in [0.25, 0.3) is 0 Å². The molecule has 0 saturated heterocycles. The molecule has 2 rings (SSSR count).